The predicted octanol–water partition coefficient (Wildman–Crippen LogP) is 1.32. The molecule has 1 heterocycles. The lowest BCUT2D eigenvalue weighted by Gasteiger charge is -2.09. The maximum atomic E-state index is 10.8. The Balaban J connectivity index is 1.93. The molecule has 0 saturated carbocycles. The van der Waals surface area contributed by atoms with Gasteiger partial charge in [0.25, 0.3) is 5.69 Å². The van der Waals surface area contributed by atoms with Crippen molar-refractivity contribution in [1.29, 1.82) is 0 Å². The van der Waals surface area contributed by atoms with Gasteiger partial charge in [0, 0.05) is 37.2 Å². The van der Waals surface area contributed by atoms with Crippen LogP contribution in [0.2, 0.25) is 0 Å². The highest BCUT2D eigenvalue weighted by molar-refractivity contribution is 5.43. The van der Waals surface area contributed by atoms with Gasteiger partial charge < -0.3 is 14.6 Å². The number of nitrogens with zero attached hydrogens (tertiary/aromatic N) is 3. The summed E-state index contributed by atoms with van der Waals surface area (Å²) in [7, 11) is 1.53. The zero-order valence-corrected chi connectivity index (χ0v) is 10.9. The number of ether oxygens (including phenoxy) is 1. The summed E-state index contributed by atoms with van der Waals surface area (Å²) in [6, 6.07) is 4.51. The Morgan fingerprint density at radius 2 is 2.35 bits per heavy atom. The van der Waals surface area contributed by atoms with Gasteiger partial charge in [-0.25, -0.2) is 0 Å². The molecule has 0 saturated heterocycles. The van der Waals surface area contributed by atoms with Crippen molar-refractivity contribution in [3.05, 3.63) is 46.1 Å². The van der Waals surface area contributed by atoms with Crippen molar-refractivity contribution in [3.8, 4) is 5.75 Å². The SMILES string of the molecule is COc1ccc([N+](=O)[O-])cc1CNCCc1ncon1. The third-order valence-corrected chi connectivity index (χ3v) is 2.72. The molecule has 0 aliphatic rings. The normalized spacial score (nSPS) is 10.4. The smallest absolute Gasteiger partial charge is 0.270 e. The number of hydrogen-bond acceptors (Lipinski definition) is 7. The van der Waals surface area contributed by atoms with Gasteiger partial charge in [0.2, 0.25) is 6.39 Å². The molecule has 0 fully saturated rings. The number of rotatable bonds is 7. The van der Waals surface area contributed by atoms with E-state index in [0.717, 1.165) is 5.56 Å². The van der Waals surface area contributed by atoms with E-state index in [1.807, 2.05) is 0 Å². The van der Waals surface area contributed by atoms with Crippen LogP contribution in [-0.4, -0.2) is 28.7 Å². The second-order valence-electron chi connectivity index (χ2n) is 4.03. The van der Waals surface area contributed by atoms with Crippen LogP contribution in [0, 0.1) is 10.1 Å². The molecular weight excluding hydrogens is 264 g/mol. The van der Waals surface area contributed by atoms with Crippen molar-refractivity contribution in [2.75, 3.05) is 13.7 Å². The average Bonchev–Trinajstić information content (AvgIpc) is 2.96. The minimum absolute atomic E-state index is 0.0424. The maximum Gasteiger partial charge on any atom is 0.270 e. The average molecular weight is 278 g/mol. The monoisotopic (exact) mass is 278 g/mol. The fourth-order valence-corrected chi connectivity index (χ4v) is 1.74. The number of non-ortho nitro benzene ring substituents is 1. The summed E-state index contributed by atoms with van der Waals surface area (Å²) < 4.78 is 9.81. The van der Waals surface area contributed by atoms with Gasteiger partial charge in [-0.1, -0.05) is 5.16 Å². The maximum absolute atomic E-state index is 10.8. The zero-order chi connectivity index (χ0) is 14.4. The summed E-state index contributed by atoms with van der Waals surface area (Å²) in [5.74, 6) is 1.23. The van der Waals surface area contributed by atoms with Crippen molar-refractivity contribution >= 4 is 5.69 Å². The molecule has 0 unspecified atom stereocenters. The van der Waals surface area contributed by atoms with Crippen molar-refractivity contribution in [3.63, 3.8) is 0 Å². The number of nitrogens with one attached hydrogen (secondary N) is 1. The molecule has 0 atom stereocenters. The molecule has 2 aromatic rings. The molecule has 1 aromatic heterocycles. The molecule has 0 aliphatic carbocycles. The largest absolute Gasteiger partial charge is 0.496 e. The number of nitro benzene ring substituents is 1. The summed E-state index contributed by atoms with van der Waals surface area (Å²) in [6.45, 7) is 1.09. The van der Waals surface area contributed by atoms with Crippen molar-refractivity contribution in [2.45, 2.75) is 13.0 Å². The van der Waals surface area contributed by atoms with E-state index in [9.17, 15) is 10.1 Å². The lowest BCUT2D eigenvalue weighted by Crippen LogP contribution is -2.17. The van der Waals surface area contributed by atoms with E-state index in [1.54, 1.807) is 6.07 Å². The second kappa shape index (κ2) is 6.62. The molecule has 106 valence electrons. The Hall–Kier alpha value is -2.48. The third-order valence-electron chi connectivity index (χ3n) is 2.72. The van der Waals surface area contributed by atoms with Gasteiger partial charge in [0.05, 0.1) is 12.0 Å². The molecule has 8 heteroatoms. The van der Waals surface area contributed by atoms with Gasteiger partial charge in [-0.05, 0) is 6.07 Å². The van der Waals surface area contributed by atoms with Crippen LogP contribution in [0.25, 0.3) is 0 Å². The quantitative estimate of drug-likeness (QED) is 0.462. The molecule has 8 nitrogen and oxygen atoms in total. The second-order valence-corrected chi connectivity index (χ2v) is 4.03. The summed E-state index contributed by atoms with van der Waals surface area (Å²) in [6.07, 6.45) is 1.90. The highest BCUT2D eigenvalue weighted by Gasteiger charge is 2.11. The van der Waals surface area contributed by atoms with E-state index in [2.05, 4.69) is 20.0 Å². The predicted molar refractivity (Wildman–Crippen MR) is 69.4 cm³/mol. The van der Waals surface area contributed by atoms with Gasteiger partial charge in [-0.2, -0.15) is 4.98 Å². The molecule has 20 heavy (non-hydrogen) atoms. The summed E-state index contributed by atoms with van der Waals surface area (Å²) in [4.78, 5) is 14.2. The minimum atomic E-state index is -0.428. The van der Waals surface area contributed by atoms with Gasteiger partial charge in [-0.3, -0.25) is 10.1 Å². The third kappa shape index (κ3) is 3.51. The van der Waals surface area contributed by atoms with E-state index in [0.29, 0.717) is 31.1 Å². The van der Waals surface area contributed by atoms with E-state index in [4.69, 9.17) is 4.74 Å². The Bertz CT molecular complexity index is 571. The first-order chi connectivity index (χ1) is 9.70. The molecule has 1 aromatic carbocycles. The van der Waals surface area contributed by atoms with Crippen LogP contribution in [-0.2, 0) is 13.0 Å². The van der Waals surface area contributed by atoms with Crippen LogP contribution in [0.1, 0.15) is 11.4 Å². The van der Waals surface area contributed by atoms with E-state index >= 15 is 0 Å². The first-order valence-electron chi connectivity index (χ1n) is 5.98. The lowest BCUT2D eigenvalue weighted by atomic mass is 10.1. The number of benzene rings is 1. The molecule has 0 amide bonds. The molecule has 0 bridgehead atoms. The van der Waals surface area contributed by atoms with E-state index in [-0.39, 0.29) is 5.69 Å². The van der Waals surface area contributed by atoms with Gasteiger partial charge in [0.15, 0.2) is 5.82 Å². The van der Waals surface area contributed by atoms with Gasteiger partial charge >= 0.3 is 0 Å². The van der Waals surface area contributed by atoms with E-state index in [1.165, 1.54) is 25.6 Å². The minimum Gasteiger partial charge on any atom is -0.496 e. The molecule has 2 rings (SSSR count). The molecule has 0 spiro atoms. The van der Waals surface area contributed by atoms with Crippen LogP contribution in [0.5, 0.6) is 5.75 Å². The first-order valence-corrected chi connectivity index (χ1v) is 5.98. The summed E-state index contributed by atoms with van der Waals surface area (Å²) >= 11 is 0. The van der Waals surface area contributed by atoms with E-state index < -0.39 is 4.92 Å². The van der Waals surface area contributed by atoms with Crippen LogP contribution in [0.4, 0.5) is 5.69 Å². The molecule has 0 radical (unpaired) electrons. The standard InChI is InChI=1S/C12H14N4O4/c1-19-11-3-2-10(16(17)18)6-9(11)7-13-5-4-12-14-8-20-15-12/h2-3,6,8,13H,4-5,7H2,1H3. The molecule has 0 aliphatic heterocycles. The Labute approximate surface area is 114 Å². The summed E-state index contributed by atoms with van der Waals surface area (Å²) in [5, 5.41) is 17.6. The van der Waals surface area contributed by atoms with Crippen LogP contribution in [0.15, 0.2) is 29.1 Å². The highest BCUT2D eigenvalue weighted by Crippen LogP contribution is 2.23. The Kier molecular flexibility index (Phi) is 4.61. The molecule has 1 N–H and O–H groups in total. The van der Waals surface area contributed by atoms with Gasteiger partial charge in [-0.15, -0.1) is 0 Å². The lowest BCUT2D eigenvalue weighted by molar-refractivity contribution is -0.384. The Morgan fingerprint density at radius 1 is 1.50 bits per heavy atom. The Morgan fingerprint density at radius 3 is 3.00 bits per heavy atom. The first kappa shape index (κ1) is 13.9. The zero-order valence-electron chi connectivity index (χ0n) is 10.9. The van der Waals surface area contributed by atoms with Crippen molar-refractivity contribution < 1.29 is 14.2 Å². The summed E-state index contributed by atoms with van der Waals surface area (Å²) in [5.41, 5.74) is 0.774. The fraction of sp³-hybridized carbons (Fsp3) is 0.333. The number of hydrogen-bond donors (Lipinski definition) is 1. The highest BCUT2D eigenvalue weighted by atomic mass is 16.6. The number of aromatic nitrogens is 2. The molecular formula is C12H14N4O4. The van der Waals surface area contributed by atoms with Crippen LogP contribution in [0.3, 0.4) is 0 Å². The van der Waals surface area contributed by atoms with Crippen molar-refractivity contribution in [1.82, 2.24) is 15.5 Å². The number of nitro groups is 1. The number of methoxy groups -OCH3 is 1. The van der Waals surface area contributed by atoms with Crippen LogP contribution < -0.4 is 10.1 Å². The fourth-order valence-electron chi connectivity index (χ4n) is 1.74. The van der Waals surface area contributed by atoms with Crippen molar-refractivity contribution in [2.24, 2.45) is 0 Å². The van der Waals surface area contributed by atoms with Gasteiger partial charge in [0.1, 0.15) is 5.75 Å². The topological polar surface area (TPSA) is 103 Å². The van der Waals surface area contributed by atoms with Crippen LogP contribution >= 0.6 is 0 Å².